The Kier molecular flexibility index (Phi) is 3.73. The minimum absolute atomic E-state index is 0.706. The predicted octanol–water partition coefficient (Wildman–Crippen LogP) is 3.87. The SMILES string of the molecule is O=N/N=c1\sc2ccccc2n1CC1CCCCC1. The molecule has 0 bridgehead atoms. The molecule has 1 aliphatic rings. The van der Waals surface area contributed by atoms with Crippen molar-refractivity contribution in [1.29, 1.82) is 0 Å². The van der Waals surface area contributed by atoms with Crippen molar-refractivity contribution >= 4 is 21.6 Å². The average Bonchev–Trinajstić information content (AvgIpc) is 2.79. The van der Waals surface area contributed by atoms with Gasteiger partial charge in [0.1, 0.15) is 0 Å². The lowest BCUT2D eigenvalue weighted by Gasteiger charge is -2.22. The van der Waals surface area contributed by atoms with Crippen molar-refractivity contribution < 1.29 is 0 Å². The molecule has 1 aromatic heterocycles. The van der Waals surface area contributed by atoms with Gasteiger partial charge in [-0.25, -0.2) is 0 Å². The second kappa shape index (κ2) is 5.65. The molecule has 0 atom stereocenters. The van der Waals surface area contributed by atoms with E-state index in [1.54, 1.807) is 0 Å². The van der Waals surface area contributed by atoms with E-state index in [0.29, 0.717) is 5.92 Å². The van der Waals surface area contributed by atoms with E-state index in [2.05, 4.69) is 27.1 Å². The summed E-state index contributed by atoms with van der Waals surface area (Å²) < 4.78 is 3.33. The van der Waals surface area contributed by atoms with Crippen LogP contribution in [-0.4, -0.2) is 4.57 Å². The van der Waals surface area contributed by atoms with E-state index in [1.165, 1.54) is 53.7 Å². The minimum Gasteiger partial charge on any atom is -0.315 e. The van der Waals surface area contributed by atoms with Crippen molar-refractivity contribution in [2.24, 2.45) is 16.3 Å². The molecular formula is C14H17N3OS. The Bertz CT molecular complexity index is 637. The van der Waals surface area contributed by atoms with Gasteiger partial charge in [-0.2, -0.15) is 0 Å². The number of fused-ring (bicyclic) bond motifs is 1. The maximum atomic E-state index is 10.5. The molecule has 1 saturated carbocycles. The molecule has 0 amide bonds. The molecule has 1 aliphatic carbocycles. The van der Waals surface area contributed by atoms with Gasteiger partial charge < -0.3 is 4.57 Å². The Morgan fingerprint density at radius 3 is 2.79 bits per heavy atom. The van der Waals surface area contributed by atoms with Gasteiger partial charge in [0.25, 0.3) is 0 Å². The summed E-state index contributed by atoms with van der Waals surface area (Å²) in [6.45, 7) is 0.957. The van der Waals surface area contributed by atoms with Gasteiger partial charge in [0.2, 0.25) is 4.80 Å². The van der Waals surface area contributed by atoms with Crippen LogP contribution < -0.4 is 4.80 Å². The molecule has 5 heteroatoms. The molecule has 0 saturated heterocycles. The number of aromatic nitrogens is 1. The van der Waals surface area contributed by atoms with Crippen molar-refractivity contribution in [2.45, 2.75) is 38.6 Å². The third kappa shape index (κ3) is 2.61. The summed E-state index contributed by atoms with van der Waals surface area (Å²) in [5, 5.41) is 6.48. The Labute approximate surface area is 115 Å². The molecule has 100 valence electrons. The van der Waals surface area contributed by atoms with E-state index in [0.717, 1.165) is 11.3 Å². The lowest BCUT2D eigenvalue weighted by molar-refractivity contribution is 0.320. The molecule has 0 unspecified atom stereocenters. The zero-order chi connectivity index (χ0) is 13.1. The molecule has 0 spiro atoms. The number of benzene rings is 1. The van der Waals surface area contributed by atoms with Gasteiger partial charge >= 0.3 is 0 Å². The fourth-order valence-corrected chi connectivity index (χ4v) is 3.92. The highest BCUT2D eigenvalue weighted by atomic mass is 32.1. The summed E-state index contributed by atoms with van der Waals surface area (Å²) in [5.74, 6) is 0.706. The van der Waals surface area contributed by atoms with Crippen LogP contribution in [-0.2, 0) is 6.54 Å². The standard InChI is InChI=1S/C14H17N3OS/c18-16-15-14-17(10-11-6-2-1-3-7-11)12-8-4-5-9-13(12)19-14/h4-5,8-9,11H,1-3,6-7,10H2/b15-14-. The highest BCUT2D eigenvalue weighted by molar-refractivity contribution is 7.16. The van der Waals surface area contributed by atoms with E-state index in [-0.39, 0.29) is 0 Å². The molecule has 0 N–H and O–H groups in total. The van der Waals surface area contributed by atoms with Gasteiger partial charge in [-0.1, -0.05) is 47.8 Å². The van der Waals surface area contributed by atoms with Gasteiger partial charge in [0.15, 0.2) is 0 Å². The molecular weight excluding hydrogens is 258 g/mol. The van der Waals surface area contributed by atoms with Crippen LogP contribution in [0.4, 0.5) is 0 Å². The molecule has 4 nitrogen and oxygen atoms in total. The summed E-state index contributed by atoms with van der Waals surface area (Å²) in [7, 11) is 0. The number of hydrogen-bond acceptors (Lipinski definition) is 3. The molecule has 1 aromatic carbocycles. The maximum absolute atomic E-state index is 10.5. The first-order valence-electron chi connectivity index (χ1n) is 6.83. The zero-order valence-electron chi connectivity index (χ0n) is 10.8. The first-order chi connectivity index (χ1) is 9.38. The van der Waals surface area contributed by atoms with E-state index in [1.807, 2.05) is 12.1 Å². The molecule has 1 fully saturated rings. The molecule has 3 rings (SSSR count). The van der Waals surface area contributed by atoms with Crippen LogP contribution in [0.15, 0.2) is 34.7 Å². The summed E-state index contributed by atoms with van der Waals surface area (Å²) in [4.78, 5) is 11.2. The van der Waals surface area contributed by atoms with Gasteiger partial charge in [-0.05, 0) is 30.9 Å². The number of nitrogens with zero attached hydrogens (tertiary/aromatic N) is 3. The number of nitroso groups, excluding NO2 is 1. The van der Waals surface area contributed by atoms with Crippen molar-refractivity contribution in [3.63, 3.8) is 0 Å². The van der Waals surface area contributed by atoms with Crippen molar-refractivity contribution in [2.75, 3.05) is 0 Å². The number of hydrogen-bond donors (Lipinski definition) is 0. The first-order valence-corrected chi connectivity index (χ1v) is 7.65. The topological polar surface area (TPSA) is 46.7 Å². The van der Waals surface area contributed by atoms with Crippen LogP contribution in [0.2, 0.25) is 0 Å². The van der Waals surface area contributed by atoms with E-state index < -0.39 is 0 Å². The smallest absolute Gasteiger partial charge is 0.215 e. The summed E-state index contributed by atoms with van der Waals surface area (Å²) in [6.07, 6.45) is 6.58. The highest BCUT2D eigenvalue weighted by Crippen LogP contribution is 2.26. The monoisotopic (exact) mass is 275 g/mol. The second-order valence-corrected chi connectivity index (χ2v) is 6.16. The largest absolute Gasteiger partial charge is 0.315 e. The lowest BCUT2D eigenvalue weighted by Crippen LogP contribution is -2.21. The number of para-hydroxylation sites is 1. The number of thiazole rings is 1. The average molecular weight is 275 g/mol. The van der Waals surface area contributed by atoms with Gasteiger partial charge in [0, 0.05) is 6.54 Å². The molecule has 0 radical (unpaired) electrons. The minimum atomic E-state index is 0.706. The van der Waals surface area contributed by atoms with Crippen LogP contribution in [0, 0.1) is 10.8 Å². The first kappa shape index (κ1) is 12.5. The van der Waals surface area contributed by atoms with Crippen LogP contribution in [0.5, 0.6) is 0 Å². The van der Waals surface area contributed by atoms with Crippen LogP contribution in [0.25, 0.3) is 10.2 Å². The second-order valence-electron chi connectivity index (χ2n) is 5.15. The summed E-state index contributed by atoms with van der Waals surface area (Å²) in [6, 6.07) is 8.21. The summed E-state index contributed by atoms with van der Waals surface area (Å²) >= 11 is 1.54. The van der Waals surface area contributed by atoms with Gasteiger partial charge in [-0.15, -0.1) is 4.91 Å². The van der Waals surface area contributed by atoms with Crippen LogP contribution in [0.3, 0.4) is 0 Å². The Morgan fingerprint density at radius 2 is 2.00 bits per heavy atom. The van der Waals surface area contributed by atoms with Crippen molar-refractivity contribution in [3.05, 3.63) is 34.0 Å². The van der Waals surface area contributed by atoms with Crippen LogP contribution >= 0.6 is 11.3 Å². The highest BCUT2D eigenvalue weighted by Gasteiger charge is 2.16. The van der Waals surface area contributed by atoms with Crippen molar-refractivity contribution in [1.82, 2.24) is 4.57 Å². The fraction of sp³-hybridized carbons (Fsp3) is 0.500. The molecule has 0 aliphatic heterocycles. The number of rotatable bonds is 3. The van der Waals surface area contributed by atoms with E-state index >= 15 is 0 Å². The normalized spacial score (nSPS) is 18.0. The third-order valence-electron chi connectivity index (χ3n) is 3.88. The Balaban J connectivity index is 2.02. The van der Waals surface area contributed by atoms with Gasteiger partial charge in [0.05, 0.1) is 15.5 Å². The Morgan fingerprint density at radius 1 is 1.21 bits per heavy atom. The lowest BCUT2D eigenvalue weighted by atomic mass is 9.89. The molecule has 2 aromatic rings. The third-order valence-corrected chi connectivity index (χ3v) is 4.93. The van der Waals surface area contributed by atoms with E-state index in [9.17, 15) is 4.91 Å². The zero-order valence-corrected chi connectivity index (χ0v) is 11.6. The fourth-order valence-electron chi connectivity index (χ4n) is 2.94. The Hall–Kier alpha value is -1.49. The maximum Gasteiger partial charge on any atom is 0.215 e. The quantitative estimate of drug-likeness (QED) is 0.619. The molecule has 19 heavy (non-hydrogen) atoms. The van der Waals surface area contributed by atoms with Crippen LogP contribution in [0.1, 0.15) is 32.1 Å². The molecule has 1 heterocycles. The summed E-state index contributed by atoms with van der Waals surface area (Å²) in [5.41, 5.74) is 1.17. The predicted molar refractivity (Wildman–Crippen MR) is 77.7 cm³/mol. The van der Waals surface area contributed by atoms with Gasteiger partial charge in [-0.3, -0.25) is 0 Å². The van der Waals surface area contributed by atoms with E-state index in [4.69, 9.17) is 0 Å². The van der Waals surface area contributed by atoms with Crippen molar-refractivity contribution in [3.8, 4) is 0 Å².